The smallest absolute Gasteiger partial charge is 0.225 e. The van der Waals surface area contributed by atoms with Gasteiger partial charge in [-0.05, 0) is 23.1 Å². The highest BCUT2D eigenvalue weighted by molar-refractivity contribution is 5.82. The minimum Gasteiger partial charge on any atom is -0.497 e. The van der Waals surface area contributed by atoms with Crippen LogP contribution in [0.1, 0.15) is 32.3 Å². The van der Waals surface area contributed by atoms with Crippen molar-refractivity contribution in [1.82, 2.24) is 0 Å². The van der Waals surface area contributed by atoms with E-state index >= 15 is 0 Å². The molecule has 0 radical (unpaired) electrons. The largest absolute Gasteiger partial charge is 0.497 e. The summed E-state index contributed by atoms with van der Waals surface area (Å²) in [5, 5.41) is 0. The van der Waals surface area contributed by atoms with Gasteiger partial charge in [0.2, 0.25) is 5.91 Å². The van der Waals surface area contributed by atoms with Crippen LogP contribution in [-0.2, 0) is 4.79 Å². The second kappa shape index (κ2) is 4.56. The molecule has 3 heteroatoms. The van der Waals surface area contributed by atoms with E-state index in [9.17, 15) is 4.79 Å². The van der Waals surface area contributed by atoms with Gasteiger partial charge in [-0.3, -0.25) is 4.79 Å². The standard InChI is InChI=1S/C13H19NO2/c1-13(2,3)11(12(14)15)9-5-7-10(16-4)8-6-9/h5-8,11H,1-4H3,(H2,14,15). The van der Waals surface area contributed by atoms with E-state index in [1.807, 2.05) is 45.0 Å². The Kier molecular flexibility index (Phi) is 3.58. The van der Waals surface area contributed by atoms with E-state index in [1.54, 1.807) is 7.11 Å². The van der Waals surface area contributed by atoms with Crippen LogP contribution >= 0.6 is 0 Å². The Morgan fingerprint density at radius 3 is 2.06 bits per heavy atom. The van der Waals surface area contributed by atoms with Gasteiger partial charge in [0.15, 0.2) is 0 Å². The number of nitrogens with two attached hydrogens (primary N) is 1. The lowest BCUT2D eigenvalue weighted by molar-refractivity contribution is -0.121. The lowest BCUT2D eigenvalue weighted by atomic mass is 9.76. The van der Waals surface area contributed by atoms with E-state index in [-0.39, 0.29) is 17.2 Å². The molecule has 0 heterocycles. The van der Waals surface area contributed by atoms with Gasteiger partial charge in [-0.15, -0.1) is 0 Å². The summed E-state index contributed by atoms with van der Waals surface area (Å²) in [5.41, 5.74) is 6.21. The van der Waals surface area contributed by atoms with Gasteiger partial charge in [-0.25, -0.2) is 0 Å². The molecule has 88 valence electrons. The number of primary amides is 1. The van der Waals surface area contributed by atoms with Crippen LogP contribution in [0.2, 0.25) is 0 Å². The number of carbonyl (C=O) groups is 1. The molecule has 0 aromatic heterocycles. The fraction of sp³-hybridized carbons (Fsp3) is 0.462. The van der Waals surface area contributed by atoms with E-state index < -0.39 is 0 Å². The Labute approximate surface area is 96.6 Å². The van der Waals surface area contributed by atoms with E-state index in [0.717, 1.165) is 11.3 Å². The fourth-order valence-electron chi connectivity index (χ4n) is 1.89. The molecule has 0 aliphatic heterocycles. The van der Waals surface area contributed by atoms with Crippen LogP contribution in [-0.4, -0.2) is 13.0 Å². The Morgan fingerprint density at radius 2 is 1.75 bits per heavy atom. The van der Waals surface area contributed by atoms with Crippen molar-refractivity contribution in [3.05, 3.63) is 29.8 Å². The number of hydrogen-bond acceptors (Lipinski definition) is 2. The SMILES string of the molecule is COc1ccc(C(C(N)=O)C(C)(C)C)cc1. The van der Waals surface area contributed by atoms with Crippen molar-refractivity contribution in [2.75, 3.05) is 7.11 Å². The number of amides is 1. The average Bonchev–Trinajstić information content (AvgIpc) is 2.16. The summed E-state index contributed by atoms with van der Waals surface area (Å²) >= 11 is 0. The van der Waals surface area contributed by atoms with Crippen LogP contribution < -0.4 is 10.5 Å². The number of ether oxygens (including phenoxy) is 1. The molecule has 0 aliphatic rings. The summed E-state index contributed by atoms with van der Waals surface area (Å²) in [7, 11) is 1.62. The molecule has 1 aromatic carbocycles. The van der Waals surface area contributed by atoms with Gasteiger partial charge in [0.1, 0.15) is 5.75 Å². The minimum atomic E-state index is -0.294. The lowest BCUT2D eigenvalue weighted by Gasteiger charge is -2.28. The van der Waals surface area contributed by atoms with Crippen molar-refractivity contribution < 1.29 is 9.53 Å². The molecule has 1 atom stereocenters. The highest BCUT2D eigenvalue weighted by Crippen LogP contribution is 2.35. The maximum Gasteiger partial charge on any atom is 0.225 e. The maximum absolute atomic E-state index is 11.5. The van der Waals surface area contributed by atoms with E-state index in [2.05, 4.69) is 0 Å². The summed E-state index contributed by atoms with van der Waals surface area (Å²) in [6, 6.07) is 7.47. The van der Waals surface area contributed by atoms with E-state index in [0.29, 0.717) is 0 Å². The summed E-state index contributed by atoms with van der Waals surface area (Å²) in [5.74, 6) is 0.206. The third-order valence-corrected chi connectivity index (χ3v) is 2.60. The molecular weight excluding hydrogens is 202 g/mol. The van der Waals surface area contributed by atoms with Crippen molar-refractivity contribution in [1.29, 1.82) is 0 Å². The van der Waals surface area contributed by atoms with Gasteiger partial charge in [-0.1, -0.05) is 32.9 Å². The highest BCUT2D eigenvalue weighted by atomic mass is 16.5. The van der Waals surface area contributed by atoms with Gasteiger partial charge < -0.3 is 10.5 Å². The minimum absolute atomic E-state index is 0.180. The predicted molar refractivity (Wildman–Crippen MR) is 64.4 cm³/mol. The van der Waals surface area contributed by atoms with Gasteiger partial charge in [0, 0.05) is 0 Å². The molecule has 0 bridgehead atoms. The molecule has 0 saturated carbocycles. The zero-order valence-electron chi connectivity index (χ0n) is 10.3. The first-order chi connectivity index (χ1) is 7.36. The molecule has 3 nitrogen and oxygen atoms in total. The summed E-state index contributed by atoms with van der Waals surface area (Å²) in [4.78, 5) is 11.5. The molecule has 2 N–H and O–H groups in total. The number of carbonyl (C=O) groups excluding carboxylic acids is 1. The normalized spacial score (nSPS) is 13.2. The molecule has 0 spiro atoms. The quantitative estimate of drug-likeness (QED) is 0.851. The second-order valence-electron chi connectivity index (χ2n) is 4.97. The Hall–Kier alpha value is -1.51. The third kappa shape index (κ3) is 2.75. The van der Waals surface area contributed by atoms with Crippen molar-refractivity contribution in [3.8, 4) is 5.75 Å². The monoisotopic (exact) mass is 221 g/mol. The Balaban J connectivity index is 3.07. The third-order valence-electron chi connectivity index (χ3n) is 2.60. The van der Waals surface area contributed by atoms with Crippen LogP contribution in [0.25, 0.3) is 0 Å². The summed E-state index contributed by atoms with van der Waals surface area (Å²) in [6.07, 6.45) is 0. The first kappa shape index (κ1) is 12.6. The van der Waals surface area contributed by atoms with Crippen molar-refractivity contribution in [3.63, 3.8) is 0 Å². The predicted octanol–water partition coefficient (Wildman–Crippen LogP) is 2.31. The van der Waals surface area contributed by atoms with Crippen LogP contribution in [0.15, 0.2) is 24.3 Å². The highest BCUT2D eigenvalue weighted by Gasteiger charge is 2.30. The second-order valence-corrected chi connectivity index (χ2v) is 4.97. The molecule has 0 fully saturated rings. The number of rotatable bonds is 3. The van der Waals surface area contributed by atoms with Crippen molar-refractivity contribution in [2.45, 2.75) is 26.7 Å². The van der Waals surface area contributed by atoms with Crippen LogP contribution in [0.5, 0.6) is 5.75 Å². The topological polar surface area (TPSA) is 52.3 Å². The molecule has 0 saturated heterocycles. The number of benzene rings is 1. The van der Waals surface area contributed by atoms with Crippen LogP contribution in [0, 0.1) is 5.41 Å². The first-order valence-electron chi connectivity index (χ1n) is 5.29. The molecular formula is C13H19NO2. The van der Waals surface area contributed by atoms with Crippen molar-refractivity contribution in [2.24, 2.45) is 11.1 Å². The van der Waals surface area contributed by atoms with Gasteiger partial charge in [-0.2, -0.15) is 0 Å². The number of methoxy groups -OCH3 is 1. The molecule has 16 heavy (non-hydrogen) atoms. The van der Waals surface area contributed by atoms with Gasteiger partial charge >= 0.3 is 0 Å². The Bertz CT molecular complexity index is 363. The van der Waals surface area contributed by atoms with Crippen LogP contribution in [0.3, 0.4) is 0 Å². The average molecular weight is 221 g/mol. The molecule has 0 aliphatic carbocycles. The first-order valence-corrected chi connectivity index (χ1v) is 5.29. The molecule has 1 aromatic rings. The van der Waals surface area contributed by atoms with Gasteiger partial charge in [0.05, 0.1) is 13.0 Å². The van der Waals surface area contributed by atoms with E-state index in [4.69, 9.17) is 10.5 Å². The van der Waals surface area contributed by atoms with E-state index in [1.165, 1.54) is 0 Å². The summed E-state index contributed by atoms with van der Waals surface area (Å²) < 4.78 is 5.08. The fourth-order valence-corrected chi connectivity index (χ4v) is 1.89. The summed E-state index contributed by atoms with van der Waals surface area (Å²) in [6.45, 7) is 6.02. The molecule has 1 amide bonds. The lowest BCUT2D eigenvalue weighted by Crippen LogP contribution is -2.31. The van der Waals surface area contributed by atoms with Crippen LogP contribution in [0.4, 0.5) is 0 Å². The van der Waals surface area contributed by atoms with Gasteiger partial charge in [0.25, 0.3) is 0 Å². The number of hydrogen-bond donors (Lipinski definition) is 1. The molecule has 1 rings (SSSR count). The Morgan fingerprint density at radius 1 is 1.25 bits per heavy atom. The van der Waals surface area contributed by atoms with Crippen molar-refractivity contribution >= 4 is 5.91 Å². The maximum atomic E-state index is 11.5. The molecule has 1 unspecified atom stereocenters. The zero-order chi connectivity index (χ0) is 12.3. The zero-order valence-corrected chi connectivity index (χ0v) is 10.3.